The van der Waals surface area contributed by atoms with Crippen LogP contribution in [0.25, 0.3) is 11.1 Å². The monoisotopic (exact) mass is 281 g/mol. The van der Waals surface area contributed by atoms with E-state index >= 15 is 0 Å². The van der Waals surface area contributed by atoms with Gasteiger partial charge in [0.25, 0.3) is 5.91 Å². The molecule has 0 saturated carbocycles. The smallest absolute Gasteiger partial charge is 0.254 e. The largest absolute Gasteiger partial charge is 0.335 e. The summed E-state index contributed by atoms with van der Waals surface area (Å²) in [5, 5.41) is 0. The lowest BCUT2D eigenvalue weighted by molar-refractivity contribution is 0.0759. The third-order valence-electron chi connectivity index (χ3n) is 3.80. The molecule has 1 heterocycles. The molecule has 2 aromatic carbocycles. The topological polar surface area (TPSA) is 20.3 Å². The van der Waals surface area contributed by atoms with Crippen LogP contribution >= 0.6 is 0 Å². The van der Waals surface area contributed by atoms with E-state index in [0.717, 1.165) is 28.7 Å². The van der Waals surface area contributed by atoms with E-state index in [0.29, 0.717) is 13.1 Å². The molecule has 0 spiro atoms. The van der Waals surface area contributed by atoms with E-state index in [1.807, 2.05) is 18.2 Å². The van der Waals surface area contributed by atoms with Gasteiger partial charge in [0.05, 0.1) is 0 Å². The minimum Gasteiger partial charge on any atom is -0.335 e. The molecule has 0 fully saturated rings. The fourth-order valence-corrected chi connectivity index (χ4v) is 2.69. The Balaban J connectivity index is 1.94. The fourth-order valence-electron chi connectivity index (χ4n) is 2.69. The Morgan fingerprint density at radius 3 is 2.57 bits per heavy atom. The number of nitrogens with zero attached hydrogens (tertiary/aromatic N) is 1. The summed E-state index contributed by atoms with van der Waals surface area (Å²) in [7, 11) is 0. The molecule has 0 unspecified atom stereocenters. The fraction of sp³-hybridized carbons (Fsp3) is 0.167. The molecule has 0 bridgehead atoms. The number of carbonyl (C=O) groups excluding carboxylic acids is 1. The average molecular weight is 281 g/mol. The maximum atomic E-state index is 13.0. The number of hydrogen-bond acceptors (Lipinski definition) is 1. The zero-order valence-electron chi connectivity index (χ0n) is 11.7. The Morgan fingerprint density at radius 1 is 1.14 bits per heavy atom. The van der Waals surface area contributed by atoms with E-state index < -0.39 is 0 Å². The molecular formula is C18H16FNO. The van der Waals surface area contributed by atoms with Gasteiger partial charge < -0.3 is 4.90 Å². The van der Waals surface area contributed by atoms with Crippen LogP contribution in [-0.4, -0.2) is 23.9 Å². The van der Waals surface area contributed by atoms with Crippen molar-refractivity contribution in [2.24, 2.45) is 0 Å². The molecule has 3 rings (SSSR count). The van der Waals surface area contributed by atoms with E-state index in [4.69, 9.17) is 0 Å². The number of benzene rings is 2. The zero-order valence-corrected chi connectivity index (χ0v) is 11.7. The molecule has 0 saturated heterocycles. The molecule has 0 radical (unpaired) electrons. The summed E-state index contributed by atoms with van der Waals surface area (Å²) in [5.74, 6) is -0.186. The summed E-state index contributed by atoms with van der Waals surface area (Å²) in [6.45, 7) is 4.98. The molecule has 1 aliphatic heterocycles. The van der Waals surface area contributed by atoms with Crippen molar-refractivity contribution in [1.29, 1.82) is 0 Å². The number of amides is 1. The van der Waals surface area contributed by atoms with Gasteiger partial charge in [0.1, 0.15) is 5.82 Å². The molecule has 21 heavy (non-hydrogen) atoms. The van der Waals surface area contributed by atoms with E-state index in [-0.39, 0.29) is 11.7 Å². The second-order valence-electron chi connectivity index (χ2n) is 5.17. The van der Waals surface area contributed by atoms with Crippen LogP contribution in [0, 0.1) is 5.82 Å². The zero-order chi connectivity index (χ0) is 14.8. The first-order valence-corrected chi connectivity index (χ1v) is 6.98. The SMILES string of the molecule is C=CCN1CCc2cc(-c3ccc(F)cc3)ccc2C1=O. The van der Waals surface area contributed by atoms with Crippen molar-refractivity contribution in [2.45, 2.75) is 6.42 Å². The van der Waals surface area contributed by atoms with Gasteiger partial charge in [0.15, 0.2) is 0 Å². The summed E-state index contributed by atoms with van der Waals surface area (Å²) in [6.07, 6.45) is 2.58. The number of fused-ring (bicyclic) bond motifs is 1. The second kappa shape index (κ2) is 5.52. The van der Waals surface area contributed by atoms with Crippen LogP contribution in [-0.2, 0) is 6.42 Å². The van der Waals surface area contributed by atoms with Crippen LogP contribution in [0.15, 0.2) is 55.1 Å². The standard InChI is InChI=1S/C18H16FNO/c1-2-10-20-11-9-15-12-14(5-8-17(15)18(20)21)13-3-6-16(19)7-4-13/h2-8,12H,1,9-11H2. The normalized spacial score (nSPS) is 14.0. The Bertz CT molecular complexity index is 691. The Morgan fingerprint density at radius 2 is 1.86 bits per heavy atom. The van der Waals surface area contributed by atoms with Crippen LogP contribution in [0.4, 0.5) is 4.39 Å². The lowest BCUT2D eigenvalue weighted by Crippen LogP contribution is -2.37. The van der Waals surface area contributed by atoms with Gasteiger partial charge in [0, 0.05) is 18.7 Å². The molecule has 0 aliphatic carbocycles. The van der Waals surface area contributed by atoms with Gasteiger partial charge in [-0.15, -0.1) is 6.58 Å². The lowest BCUT2D eigenvalue weighted by atomic mass is 9.94. The molecule has 0 N–H and O–H groups in total. The Kier molecular flexibility index (Phi) is 3.57. The van der Waals surface area contributed by atoms with Crippen molar-refractivity contribution in [3.05, 3.63) is 72.1 Å². The highest BCUT2D eigenvalue weighted by Crippen LogP contribution is 2.26. The predicted molar refractivity (Wildman–Crippen MR) is 81.6 cm³/mol. The highest BCUT2D eigenvalue weighted by atomic mass is 19.1. The minimum atomic E-state index is -0.244. The summed E-state index contributed by atoms with van der Waals surface area (Å²) in [4.78, 5) is 14.1. The molecule has 1 amide bonds. The lowest BCUT2D eigenvalue weighted by Gasteiger charge is -2.27. The number of rotatable bonds is 3. The third kappa shape index (κ3) is 2.59. The molecule has 2 aromatic rings. The average Bonchev–Trinajstić information content (AvgIpc) is 2.51. The first-order chi connectivity index (χ1) is 10.2. The van der Waals surface area contributed by atoms with Gasteiger partial charge in [-0.3, -0.25) is 4.79 Å². The van der Waals surface area contributed by atoms with E-state index in [2.05, 4.69) is 6.58 Å². The number of hydrogen-bond donors (Lipinski definition) is 0. The molecule has 2 nitrogen and oxygen atoms in total. The maximum absolute atomic E-state index is 13.0. The molecule has 1 aliphatic rings. The quantitative estimate of drug-likeness (QED) is 0.786. The van der Waals surface area contributed by atoms with Crippen LogP contribution in [0.5, 0.6) is 0 Å². The van der Waals surface area contributed by atoms with Gasteiger partial charge in [-0.2, -0.15) is 0 Å². The molecule has 3 heteroatoms. The van der Waals surface area contributed by atoms with Crippen molar-refractivity contribution < 1.29 is 9.18 Å². The summed E-state index contributed by atoms with van der Waals surface area (Å²) >= 11 is 0. The summed E-state index contributed by atoms with van der Waals surface area (Å²) in [5.41, 5.74) is 3.79. The van der Waals surface area contributed by atoms with Crippen molar-refractivity contribution in [2.75, 3.05) is 13.1 Å². The van der Waals surface area contributed by atoms with Gasteiger partial charge in [0.2, 0.25) is 0 Å². The van der Waals surface area contributed by atoms with Crippen LogP contribution < -0.4 is 0 Å². The van der Waals surface area contributed by atoms with Crippen molar-refractivity contribution in [1.82, 2.24) is 4.90 Å². The van der Waals surface area contributed by atoms with E-state index in [9.17, 15) is 9.18 Å². The van der Waals surface area contributed by atoms with Gasteiger partial charge in [-0.1, -0.05) is 30.3 Å². The van der Waals surface area contributed by atoms with Gasteiger partial charge in [-0.25, -0.2) is 4.39 Å². The highest BCUT2D eigenvalue weighted by molar-refractivity contribution is 5.97. The van der Waals surface area contributed by atoms with Crippen LogP contribution in [0.1, 0.15) is 15.9 Å². The molecular weight excluding hydrogens is 265 g/mol. The summed E-state index contributed by atoms with van der Waals surface area (Å²) < 4.78 is 13.0. The minimum absolute atomic E-state index is 0.0572. The van der Waals surface area contributed by atoms with Crippen LogP contribution in [0.3, 0.4) is 0 Å². The van der Waals surface area contributed by atoms with Crippen molar-refractivity contribution in [3.8, 4) is 11.1 Å². The molecule has 106 valence electrons. The molecule has 0 atom stereocenters. The van der Waals surface area contributed by atoms with E-state index in [1.54, 1.807) is 23.1 Å². The summed E-state index contributed by atoms with van der Waals surface area (Å²) in [6, 6.07) is 12.2. The van der Waals surface area contributed by atoms with Gasteiger partial charge in [-0.05, 0) is 41.3 Å². The first kappa shape index (κ1) is 13.6. The van der Waals surface area contributed by atoms with Crippen molar-refractivity contribution >= 4 is 5.91 Å². The maximum Gasteiger partial charge on any atom is 0.254 e. The van der Waals surface area contributed by atoms with Crippen molar-refractivity contribution in [3.63, 3.8) is 0 Å². The predicted octanol–water partition coefficient (Wildman–Crippen LogP) is 3.68. The van der Waals surface area contributed by atoms with Gasteiger partial charge >= 0.3 is 0 Å². The number of halogens is 1. The second-order valence-corrected chi connectivity index (χ2v) is 5.17. The Labute approximate surface area is 123 Å². The van der Waals surface area contributed by atoms with Crippen LogP contribution in [0.2, 0.25) is 0 Å². The highest BCUT2D eigenvalue weighted by Gasteiger charge is 2.23. The number of carbonyl (C=O) groups is 1. The third-order valence-corrected chi connectivity index (χ3v) is 3.80. The first-order valence-electron chi connectivity index (χ1n) is 6.98. The van der Waals surface area contributed by atoms with E-state index in [1.165, 1.54) is 12.1 Å². The Hall–Kier alpha value is -2.42. The molecule has 0 aromatic heterocycles.